The van der Waals surface area contributed by atoms with Crippen LogP contribution >= 0.6 is 0 Å². The first-order valence-electron chi connectivity index (χ1n) is 8.95. The Hall–Kier alpha value is -2.24. The molecule has 2 aromatic carbocycles. The van der Waals surface area contributed by atoms with Crippen LogP contribution in [0.4, 0.5) is 4.39 Å². The van der Waals surface area contributed by atoms with Crippen LogP contribution in [-0.4, -0.2) is 23.8 Å². The highest BCUT2D eigenvalue weighted by Crippen LogP contribution is 2.29. The molecule has 2 rings (SSSR count). The monoisotopic (exact) mass is 359 g/mol. The molecule has 0 aromatic heterocycles. The van der Waals surface area contributed by atoms with Gasteiger partial charge in [0.2, 0.25) is 5.91 Å². The summed E-state index contributed by atoms with van der Waals surface area (Å²) in [7, 11) is 0. The highest BCUT2D eigenvalue weighted by atomic mass is 19.1. The Kier molecular flexibility index (Phi) is 7.75. The minimum absolute atomic E-state index is 0.0272. The summed E-state index contributed by atoms with van der Waals surface area (Å²) >= 11 is 0. The molecule has 140 valence electrons. The number of aryl methyl sites for hydroxylation is 1. The van der Waals surface area contributed by atoms with Gasteiger partial charge in [0, 0.05) is 12.5 Å². The van der Waals surface area contributed by atoms with Crippen molar-refractivity contribution in [1.29, 1.82) is 0 Å². The quantitative estimate of drug-likeness (QED) is 0.525. The number of hydrogen-bond donors (Lipinski definition) is 2. The van der Waals surface area contributed by atoms with Gasteiger partial charge in [-0.2, -0.15) is 0 Å². The molecule has 26 heavy (non-hydrogen) atoms. The molecule has 0 aliphatic rings. The van der Waals surface area contributed by atoms with E-state index in [-0.39, 0.29) is 18.2 Å². The molecule has 0 spiro atoms. The fraction of sp³-hybridized carbons (Fsp3) is 0.381. The van der Waals surface area contributed by atoms with Crippen LogP contribution in [0.2, 0.25) is 0 Å². The molecule has 2 N–H and O–H groups in total. The molecule has 0 bridgehead atoms. The molecule has 0 radical (unpaired) electrons. The Morgan fingerprint density at radius 2 is 1.69 bits per heavy atom. The van der Waals surface area contributed by atoms with E-state index in [2.05, 4.69) is 31.2 Å². The van der Waals surface area contributed by atoms with Crippen LogP contribution in [0.5, 0.6) is 0 Å². The Morgan fingerprint density at radius 3 is 2.23 bits per heavy atom. The molecule has 2 aromatic rings. The number of hydrogen-bond acceptors (Lipinski definition) is 3. The van der Waals surface area contributed by atoms with Crippen molar-refractivity contribution in [2.75, 3.05) is 6.61 Å². The van der Waals surface area contributed by atoms with Crippen LogP contribution in [0.3, 0.4) is 0 Å². The zero-order valence-electron chi connectivity index (χ0n) is 15.2. The molecule has 0 aliphatic carbocycles. The molecular formula is C21H26FNO3. The number of amides is 1. The summed E-state index contributed by atoms with van der Waals surface area (Å²) in [4.78, 5) is 11.7. The van der Waals surface area contributed by atoms with Gasteiger partial charge in [-0.3, -0.25) is 10.0 Å². The molecule has 0 fully saturated rings. The highest BCUT2D eigenvalue weighted by molar-refractivity contribution is 5.75. The van der Waals surface area contributed by atoms with E-state index in [0.29, 0.717) is 13.0 Å². The largest absolute Gasteiger partial charge is 0.377 e. The summed E-state index contributed by atoms with van der Waals surface area (Å²) < 4.78 is 19.2. The van der Waals surface area contributed by atoms with Crippen LogP contribution in [0, 0.1) is 5.82 Å². The van der Waals surface area contributed by atoms with E-state index in [4.69, 9.17) is 9.94 Å². The molecule has 2 atom stereocenters. The van der Waals surface area contributed by atoms with Gasteiger partial charge in [0.25, 0.3) is 0 Å². The van der Waals surface area contributed by atoms with E-state index in [1.165, 1.54) is 17.7 Å². The maximum Gasteiger partial charge on any atom is 0.245 e. The lowest BCUT2D eigenvalue weighted by atomic mass is 9.85. The van der Waals surface area contributed by atoms with Gasteiger partial charge in [-0.25, -0.2) is 9.87 Å². The summed E-state index contributed by atoms with van der Waals surface area (Å²) in [5, 5.41) is 8.88. The summed E-state index contributed by atoms with van der Waals surface area (Å²) in [6.07, 6.45) is 1.22. The van der Waals surface area contributed by atoms with E-state index in [1.807, 2.05) is 6.92 Å². The topological polar surface area (TPSA) is 58.6 Å². The summed E-state index contributed by atoms with van der Waals surface area (Å²) in [6.45, 7) is 4.41. The number of rotatable bonds is 9. The third kappa shape index (κ3) is 5.64. The van der Waals surface area contributed by atoms with Crippen molar-refractivity contribution in [1.82, 2.24) is 5.48 Å². The fourth-order valence-electron chi connectivity index (χ4n) is 3.10. The molecule has 0 unspecified atom stereocenters. The van der Waals surface area contributed by atoms with Crippen molar-refractivity contribution < 1.29 is 19.1 Å². The first-order valence-corrected chi connectivity index (χ1v) is 8.95. The maximum atomic E-state index is 13.3. The van der Waals surface area contributed by atoms with Crippen molar-refractivity contribution in [3.8, 4) is 0 Å². The molecule has 0 saturated heterocycles. The predicted octanol–water partition coefficient (Wildman–Crippen LogP) is 4.02. The van der Waals surface area contributed by atoms with Crippen LogP contribution < -0.4 is 5.48 Å². The second-order valence-electron chi connectivity index (χ2n) is 6.27. The van der Waals surface area contributed by atoms with Crippen molar-refractivity contribution >= 4 is 5.91 Å². The zero-order valence-corrected chi connectivity index (χ0v) is 15.2. The maximum absolute atomic E-state index is 13.3. The van der Waals surface area contributed by atoms with Crippen LogP contribution in [0.25, 0.3) is 0 Å². The molecular weight excluding hydrogens is 333 g/mol. The van der Waals surface area contributed by atoms with Gasteiger partial charge in [-0.05, 0) is 48.6 Å². The first-order chi connectivity index (χ1) is 12.6. The Labute approximate surface area is 154 Å². The number of nitrogens with one attached hydrogen (secondary N) is 1. The molecule has 5 heteroatoms. The smallest absolute Gasteiger partial charge is 0.245 e. The van der Waals surface area contributed by atoms with Crippen LogP contribution in [0.1, 0.15) is 42.9 Å². The lowest BCUT2D eigenvalue weighted by Crippen LogP contribution is -2.31. The predicted molar refractivity (Wildman–Crippen MR) is 98.6 cm³/mol. The minimum Gasteiger partial charge on any atom is -0.377 e. The first kappa shape index (κ1) is 20.1. The number of halogens is 1. The van der Waals surface area contributed by atoms with Crippen molar-refractivity contribution in [2.45, 2.75) is 45.1 Å². The SMILES string of the molecule is CCO[C@H](CC(=O)NO)[C@H](Cc1ccc(CC)cc1)c1ccc(F)cc1. The molecule has 4 nitrogen and oxygen atoms in total. The van der Waals surface area contributed by atoms with Crippen molar-refractivity contribution in [3.63, 3.8) is 0 Å². The number of hydroxylamine groups is 1. The van der Waals surface area contributed by atoms with Gasteiger partial charge in [-0.1, -0.05) is 43.3 Å². The standard InChI is InChI=1S/C21H26FNO3/c1-3-15-5-7-16(8-6-15)13-19(17-9-11-18(22)12-10-17)20(26-4-2)14-21(24)23-25/h5-12,19-20,25H,3-4,13-14H2,1-2H3,(H,23,24)/t19-,20-/m1/s1. The second kappa shape index (κ2) is 10.0. The van der Waals surface area contributed by atoms with Crippen molar-refractivity contribution in [2.24, 2.45) is 0 Å². The molecule has 0 heterocycles. The Bertz CT molecular complexity index is 685. The van der Waals surface area contributed by atoms with Gasteiger partial charge in [0.1, 0.15) is 5.82 Å². The van der Waals surface area contributed by atoms with E-state index < -0.39 is 12.0 Å². The van der Waals surface area contributed by atoms with Gasteiger partial charge < -0.3 is 4.74 Å². The second-order valence-corrected chi connectivity index (χ2v) is 6.27. The lowest BCUT2D eigenvalue weighted by Gasteiger charge is -2.27. The number of carbonyl (C=O) groups excluding carboxylic acids is 1. The van der Waals surface area contributed by atoms with Gasteiger partial charge in [0.05, 0.1) is 12.5 Å². The third-order valence-electron chi connectivity index (χ3n) is 4.53. The fourth-order valence-corrected chi connectivity index (χ4v) is 3.10. The Morgan fingerprint density at radius 1 is 1.08 bits per heavy atom. The minimum atomic E-state index is -0.503. The number of carbonyl (C=O) groups is 1. The Balaban J connectivity index is 2.31. The van der Waals surface area contributed by atoms with Crippen LogP contribution in [0.15, 0.2) is 48.5 Å². The summed E-state index contributed by atoms with van der Waals surface area (Å²) in [5.41, 5.74) is 4.94. The number of benzene rings is 2. The van der Waals surface area contributed by atoms with Gasteiger partial charge in [0.15, 0.2) is 0 Å². The van der Waals surface area contributed by atoms with E-state index >= 15 is 0 Å². The highest BCUT2D eigenvalue weighted by Gasteiger charge is 2.26. The normalized spacial score (nSPS) is 13.2. The van der Waals surface area contributed by atoms with Crippen molar-refractivity contribution in [3.05, 3.63) is 71.0 Å². The molecule has 0 saturated carbocycles. The van der Waals surface area contributed by atoms with E-state index in [0.717, 1.165) is 17.5 Å². The van der Waals surface area contributed by atoms with Crippen LogP contribution in [-0.2, 0) is 22.4 Å². The average Bonchev–Trinajstić information content (AvgIpc) is 2.67. The summed E-state index contributed by atoms with van der Waals surface area (Å²) in [5.74, 6) is -0.946. The summed E-state index contributed by atoms with van der Waals surface area (Å²) in [6, 6.07) is 14.6. The van der Waals surface area contributed by atoms with Gasteiger partial charge >= 0.3 is 0 Å². The third-order valence-corrected chi connectivity index (χ3v) is 4.53. The van der Waals surface area contributed by atoms with E-state index in [1.54, 1.807) is 17.6 Å². The van der Waals surface area contributed by atoms with E-state index in [9.17, 15) is 9.18 Å². The lowest BCUT2D eigenvalue weighted by molar-refractivity contribution is -0.132. The molecule has 1 amide bonds. The molecule has 0 aliphatic heterocycles. The average molecular weight is 359 g/mol. The number of ether oxygens (including phenoxy) is 1. The van der Waals surface area contributed by atoms with Gasteiger partial charge in [-0.15, -0.1) is 0 Å². The zero-order chi connectivity index (χ0) is 18.9.